The second-order valence-corrected chi connectivity index (χ2v) is 9.59. The molecule has 0 amide bonds. The maximum absolute atomic E-state index is 13.6. The first-order chi connectivity index (χ1) is 20.6. The highest BCUT2D eigenvalue weighted by atomic mass is 16.7. The smallest absolute Gasteiger partial charge is 0.282 e. The van der Waals surface area contributed by atoms with Crippen molar-refractivity contribution >= 4 is 17.1 Å². The predicted octanol–water partition coefficient (Wildman–Crippen LogP) is 6.38. The van der Waals surface area contributed by atoms with Crippen molar-refractivity contribution in [2.45, 2.75) is 20.0 Å². The normalized spacial score (nSPS) is 12.1. The molecule has 210 valence electrons. The molecule has 0 bridgehead atoms. The second kappa shape index (κ2) is 12.0. The van der Waals surface area contributed by atoms with E-state index in [1.165, 1.54) is 4.68 Å². The first kappa shape index (κ1) is 26.8. The van der Waals surface area contributed by atoms with Crippen LogP contribution >= 0.6 is 0 Å². The first-order valence-corrected chi connectivity index (χ1v) is 13.7. The van der Waals surface area contributed by atoms with Crippen LogP contribution in [0.4, 0.5) is 0 Å². The summed E-state index contributed by atoms with van der Waals surface area (Å²) in [6.45, 7) is 6.82. The Hall–Kier alpha value is -5.37. The summed E-state index contributed by atoms with van der Waals surface area (Å²) in [5.74, 6) is 3.08. The first-order valence-electron chi connectivity index (χ1n) is 13.7. The Morgan fingerprint density at radius 3 is 2.62 bits per heavy atom. The van der Waals surface area contributed by atoms with E-state index in [0.717, 1.165) is 28.0 Å². The number of para-hydroxylation sites is 1. The number of fused-ring (bicyclic) bond motifs is 2. The number of hydrogen-bond donors (Lipinski definition) is 0. The minimum Gasteiger partial charge on any atom is -0.490 e. The molecule has 5 aromatic rings. The average molecular weight is 560 g/mol. The third kappa shape index (κ3) is 5.47. The van der Waals surface area contributed by atoms with Crippen LogP contribution in [0.15, 0.2) is 107 Å². The van der Waals surface area contributed by atoms with Gasteiger partial charge in [-0.1, -0.05) is 54.6 Å². The van der Waals surface area contributed by atoms with Crippen molar-refractivity contribution < 1.29 is 18.9 Å². The van der Waals surface area contributed by atoms with Crippen LogP contribution in [-0.2, 0) is 13.0 Å². The second-order valence-electron chi connectivity index (χ2n) is 9.59. The van der Waals surface area contributed by atoms with Crippen LogP contribution in [0.25, 0.3) is 22.3 Å². The molecule has 0 aliphatic carbocycles. The fourth-order valence-electron chi connectivity index (χ4n) is 4.81. The van der Waals surface area contributed by atoms with Crippen LogP contribution < -0.4 is 24.5 Å². The molecule has 1 aliphatic heterocycles. The number of aromatic nitrogens is 2. The van der Waals surface area contributed by atoms with Crippen molar-refractivity contribution in [3.63, 3.8) is 0 Å². The van der Waals surface area contributed by atoms with Crippen LogP contribution in [0.3, 0.4) is 0 Å². The lowest BCUT2D eigenvalue weighted by Gasteiger charge is -2.17. The number of benzene rings is 4. The molecule has 0 radical (unpaired) electrons. The Balaban J connectivity index is 1.38. The third-order valence-corrected chi connectivity index (χ3v) is 6.75. The summed E-state index contributed by atoms with van der Waals surface area (Å²) in [6, 6.07) is 26.4. The summed E-state index contributed by atoms with van der Waals surface area (Å²) in [4.78, 5) is 18.3. The third-order valence-electron chi connectivity index (χ3n) is 6.75. The van der Waals surface area contributed by atoms with Gasteiger partial charge in [0.15, 0.2) is 28.8 Å². The molecule has 6 rings (SSSR count). The van der Waals surface area contributed by atoms with E-state index in [4.69, 9.17) is 23.9 Å². The minimum atomic E-state index is -0.254. The number of rotatable bonds is 10. The van der Waals surface area contributed by atoms with E-state index in [2.05, 4.69) is 11.7 Å². The lowest BCUT2D eigenvalue weighted by atomic mass is 10.1. The fraction of sp³-hybridized carbons (Fsp3) is 0.147. The summed E-state index contributed by atoms with van der Waals surface area (Å²) in [6.07, 6.45) is 4.00. The largest absolute Gasteiger partial charge is 0.490 e. The van der Waals surface area contributed by atoms with E-state index >= 15 is 0 Å². The van der Waals surface area contributed by atoms with E-state index in [0.29, 0.717) is 53.6 Å². The highest BCUT2D eigenvalue weighted by molar-refractivity contribution is 5.83. The van der Waals surface area contributed by atoms with Crippen LogP contribution in [0.1, 0.15) is 23.6 Å². The van der Waals surface area contributed by atoms with Gasteiger partial charge in [0, 0.05) is 11.1 Å². The molecule has 0 N–H and O–H groups in total. The van der Waals surface area contributed by atoms with Gasteiger partial charge in [0.2, 0.25) is 6.79 Å². The van der Waals surface area contributed by atoms with Crippen LogP contribution in [-0.4, -0.2) is 29.3 Å². The van der Waals surface area contributed by atoms with Gasteiger partial charge in [0.25, 0.3) is 5.56 Å². The molecule has 42 heavy (non-hydrogen) atoms. The highest BCUT2D eigenvalue weighted by Gasteiger charge is 2.17. The van der Waals surface area contributed by atoms with E-state index in [9.17, 15) is 4.79 Å². The summed E-state index contributed by atoms with van der Waals surface area (Å²) in [7, 11) is 0. The molecule has 1 aliphatic rings. The Kier molecular flexibility index (Phi) is 7.68. The lowest BCUT2D eigenvalue weighted by molar-refractivity contribution is 0.174. The summed E-state index contributed by atoms with van der Waals surface area (Å²) < 4.78 is 24.6. The summed E-state index contributed by atoms with van der Waals surface area (Å²) in [5, 5.41) is 5.12. The quantitative estimate of drug-likeness (QED) is 0.146. The maximum atomic E-state index is 13.6. The standard InChI is InChI=1S/C34H29N3O5/c1-3-10-26-17-24(19-31(39-4-2)32(26)40-21-23-15-16-29-30(18-23)42-22-41-29)20-35-37-33(25-11-6-5-7-12-25)36-28-14-9-8-13-27(28)34(37)38/h3,5-9,11-20H,1,4,10,21-22H2,2H3. The molecule has 0 spiro atoms. The Labute approximate surface area is 243 Å². The summed E-state index contributed by atoms with van der Waals surface area (Å²) >= 11 is 0. The summed E-state index contributed by atoms with van der Waals surface area (Å²) in [5.41, 5.74) is 3.70. The monoisotopic (exact) mass is 559 g/mol. The Bertz CT molecular complexity index is 1850. The van der Waals surface area contributed by atoms with Crippen LogP contribution in [0.2, 0.25) is 0 Å². The predicted molar refractivity (Wildman–Crippen MR) is 163 cm³/mol. The van der Waals surface area contributed by atoms with Gasteiger partial charge in [-0.05, 0) is 60.9 Å². The van der Waals surface area contributed by atoms with Gasteiger partial charge in [-0.25, -0.2) is 4.98 Å². The number of hydrogen-bond acceptors (Lipinski definition) is 7. The number of allylic oxidation sites excluding steroid dienone is 1. The van der Waals surface area contributed by atoms with Crippen molar-refractivity contribution in [2.75, 3.05) is 13.4 Å². The molecule has 2 heterocycles. The molecule has 0 fully saturated rings. The molecule has 0 unspecified atom stereocenters. The van der Waals surface area contributed by atoms with Gasteiger partial charge in [0.05, 0.1) is 23.7 Å². The van der Waals surface area contributed by atoms with Gasteiger partial charge in [-0.3, -0.25) is 4.79 Å². The Morgan fingerprint density at radius 1 is 0.976 bits per heavy atom. The average Bonchev–Trinajstić information content (AvgIpc) is 3.49. The van der Waals surface area contributed by atoms with E-state index < -0.39 is 0 Å². The highest BCUT2D eigenvalue weighted by Crippen LogP contribution is 2.36. The van der Waals surface area contributed by atoms with Gasteiger partial charge < -0.3 is 18.9 Å². The molecular formula is C34H29N3O5. The number of ether oxygens (including phenoxy) is 4. The Morgan fingerprint density at radius 2 is 1.79 bits per heavy atom. The zero-order valence-electron chi connectivity index (χ0n) is 23.2. The lowest BCUT2D eigenvalue weighted by Crippen LogP contribution is -2.20. The van der Waals surface area contributed by atoms with E-state index in [1.807, 2.05) is 91.9 Å². The molecule has 0 saturated carbocycles. The fourth-order valence-corrected chi connectivity index (χ4v) is 4.81. The van der Waals surface area contributed by atoms with E-state index in [1.54, 1.807) is 12.3 Å². The van der Waals surface area contributed by atoms with Crippen molar-refractivity contribution in [1.29, 1.82) is 0 Å². The minimum absolute atomic E-state index is 0.217. The SMILES string of the molecule is C=CCc1cc(C=Nn2c(-c3ccccc3)nc3ccccc3c2=O)cc(OCC)c1OCc1ccc2c(c1)OCO2. The zero-order valence-corrected chi connectivity index (χ0v) is 23.2. The van der Waals surface area contributed by atoms with Crippen molar-refractivity contribution in [3.8, 4) is 34.4 Å². The van der Waals surface area contributed by atoms with Crippen molar-refractivity contribution in [1.82, 2.24) is 9.66 Å². The molecule has 0 saturated heterocycles. The molecule has 8 nitrogen and oxygen atoms in total. The van der Waals surface area contributed by atoms with Gasteiger partial charge in [-0.15, -0.1) is 6.58 Å². The van der Waals surface area contributed by atoms with Crippen molar-refractivity contribution in [2.24, 2.45) is 5.10 Å². The molecule has 1 aromatic heterocycles. The van der Waals surface area contributed by atoms with Gasteiger partial charge in [-0.2, -0.15) is 9.78 Å². The van der Waals surface area contributed by atoms with Gasteiger partial charge >= 0.3 is 0 Å². The molecule has 4 aromatic carbocycles. The van der Waals surface area contributed by atoms with Crippen LogP contribution in [0.5, 0.6) is 23.0 Å². The van der Waals surface area contributed by atoms with E-state index in [-0.39, 0.29) is 12.4 Å². The van der Waals surface area contributed by atoms with Crippen LogP contribution in [0, 0.1) is 0 Å². The topological polar surface area (TPSA) is 84.2 Å². The molecular weight excluding hydrogens is 530 g/mol. The molecule has 0 atom stereocenters. The van der Waals surface area contributed by atoms with Crippen molar-refractivity contribution in [3.05, 3.63) is 125 Å². The van der Waals surface area contributed by atoms with Gasteiger partial charge in [0.1, 0.15) is 6.61 Å². The maximum Gasteiger partial charge on any atom is 0.282 e. The zero-order chi connectivity index (χ0) is 28.9. The number of nitrogens with zero attached hydrogens (tertiary/aromatic N) is 3. The molecule has 8 heteroatoms.